The van der Waals surface area contributed by atoms with Crippen molar-refractivity contribution in [3.63, 3.8) is 0 Å². The van der Waals surface area contributed by atoms with Gasteiger partial charge in [-0.25, -0.2) is 4.39 Å². The fourth-order valence-electron chi connectivity index (χ4n) is 0.408. The molecule has 0 aromatic rings. The Bertz CT molecular complexity index is 102. The number of hydrogen-bond acceptors (Lipinski definition) is 2. The molecular formula is C4H5FNO. The molecule has 0 aliphatic heterocycles. The maximum absolute atomic E-state index is 11.8. The molecule has 2 nitrogen and oxygen atoms in total. The smallest absolute Gasteiger partial charge is 0.145 e. The second-order valence-corrected chi connectivity index (χ2v) is 1.43. The molecule has 1 N–H and O–H groups in total. The Balaban J connectivity index is 2.44. The third-order valence-electron chi connectivity index (χ3n) is 0.981. The molecule has 1 rings (SSSR count). The first kappa shape index (κ1) is 4.56. The highest BCUT2D eigenvalue weighted by Crippen LogP contribution is 2.17. The SMILES string of the molecule is ON=C1C[CH]C1F. The fraction of sp³-hybridized carbons (Fsp3) is 0.500. The van der Waals surface area contributed by atoms with Crippen molar-refractivity contribution in [2.45, 2.75) is 12.6 Å². The summed E-state index contributed by atoms with van der Waals surface area (Å²) in [5.41, 5.74) is 0.236. The molecule has 1 fully saturated rings. The van der Waals surface area contributed by atoms with Crippen molar-refractivity contribution in [3.05, 3.63) is 6.42 Å². The normalized spacial score (nSPS) is 35.6. The molecule has 1 aliphatic rings. The second kappa shape index (κ2) is 1.48. The molecule has 0 amide bonds. The number of halogens is 1. The number of nitrogens with zero attached hydrogens (tertiary/aromatic N) is 1. The molecule has 1 unspecified atom stereocenters. The lowest BCUT2D eigenvalue weighted by Gasteiger charge is -2.16. The van der Waals surface area contributed by atoms with E-state index in [0.29, 0.717) is 6.42 Å². The second-order valence-electron chi connectivity index (χ2n) is 1.43. The molecule has 39 valence electrons. The van der Waals surface area contributed by atoms with E-state index in [1.54, 1.807) is 0 Å². The van der Waals surface area contributed by atoms with Crippen molar-refractivity contribution >= 4 is 5.71 Å². The van der Waals surface area contributed by atoms with E-state index in [1.165, 1.54) is 6.42 Å². The summed E-state index contributed by atoms with van der Waals surface area (Å²) in [6.07, 6.45) is 0.859. The topological polar surface area (TPSA) is 32.6 Å². The van der Waals surface area contributed by atoms with E-state index in [-0.39, 0.29) is 5.71 Å². The highest BCUT2D eigenvalue weighted by Gasteiger charge is 2.25. The molecule has 1 aliphatic carbocycles. The third-order valence-corrected chi connectivity index (χ3v) is 0.981. The zero-order valence-electron chi connectivity index (χ0n) is 3.63. The summed E-state index contributed by atoms with van der Waals surface area (Å²) in [7, 11) is 0. The van der Waals surface area contributed by atoms with Crippen LogP contribution in [0.25, 0.3) is 0 Å². The molecule has 0 bridgehead atoms. The van der Waals surface area contributed by atoms with Gasteiger partial charge in [-0.15, -0.1) is 0 Å². The Hall–Kier alpha value is -0.600. The van der Waals surface area contributed by atoms with Crippen LogP contribution in [0, 0.1) is 6.42 Å². The lowest BCUT2D eigenvalue weighted by atomic mass is 9.95. The highest BCUT2D eigenvalue weighted by molar-refractivity contribution is 5.96. The summed E-state index contributed by atoms with van der Waals surface area (Å²) in [5.74, 6) is 0. The fourth-order valence-corrected chi connectivity index (χ4v) is 0.408. The largest absolute Gasteiger partial charge is 0.411 e. The van der Waals surface area contributed by atoms with Crippen LogP contribution >= 0.6 is 0 Å². The number of alkyl halides is 1. The van der Waals surface area contributed by atoms with Gasteiger partial charge >= 0.3 is 0 Å². The number of hydrogen-bond donors (Lipinski definition) is 1. The highest BCUT2D eigenvalue weighted by atomic mass is 19.1. The van der Waals surface area contributed by atoms with E-state index in [4.69, 9.17) is 5.21 Å². The van der Waals surface area contributed by atoms with Gasteiger partial charge in [-0.2, -0.15) is 0 Å². The third kappa shape index (κ3) is 0.577. The predicted molar refractivity (Wildman–Crippen MR) is 23.0 cm³/mol. The van der Waals surface area contributed by atoms with Crippen molar-refractivity contribution in [1.29, 1.82) is 0 Å². The summed E-state index contributed by atoms with van der Waals surface area (Å²) in [6, 6.07) is 0. The van der Waals surface area contributed by atoms with E-state index in [0.717, 1.165) is 0 Å². The molecule has 0 spiro atoms. The van der Waals surface area contributed by atoms with Crippen LogP contribution in [0.5, 0.6) is 0 Å². The summed E-state index contributed by atoms with van der Waals surface area (Å²) < 4.78 is 11.8. The molecule has 1 atom stereocenters. The summed E-state index contributed by atoms with van der Waals surface area (Å²) >= 11 is 0. The maximum Gasteiger partial charge on any atom is 0.145 e. The Labute approximate surface area is 40.6 Å². The van der Waals surface area contributed by atoms with Gasteiger partial charge in [0.05, 0.1) is 5.71 Å². The standard InChI is InChI=1S/C4H5FNO/c5-3-1-2-4(3)6-7/h1,3,7H,2H2. The Morgan fingerprint density at radius 3 is 2.71 bits per heavy atom. The summed E-state index contributed by atoms with van der Waals surface area (Å²) in [4.78, 5) is 0. The Kier molecular flexibility index (Phi) is 0.964. The van der Waals surface area contributed by atoms with Crippen LogP contribution in [0.4, 0.5) is 4.39 Å². The van der Waals surface area contributed by atoms with Gasteiger partial charge in [-0.05, 0) is 6.42 Å². The van der Waals surface area contributed by atoms with Gasteiger partial charge in [0.15, 0.2) is 0 Å². The molecule has 1 saturated carbocycles. The van der Waals surface area contributed by atoms with Crippen molar-refractivity contribution in [1.82, 2.24) is 0 Å². The van der Waals surface area contributed by atoms with Gasteiger partial charge in [0.1, 0.15) is 6.17 Å². The van der Waals surface area contributed by atoms with E-state index >= 15 is 0 Å². The van der Waals surface area contributed by atoms with Crippen molar-refractivity contribution in [2.24, 2.45) is 5.16 Å². The van der Waals surface area contributed by atoms with Crippen molar-refractivity contribution in [2.75, 3.05) is 0 Å². The van der Waals surface area contributed by atoms with Gasteiger partial charge in [-0.1, -0.05) is 5.16 Å². The van der Waals surface area contributed by atoms with Crippen LogP contribution in [0.1, 0.15) is 6.42 Å². The van der Waals surface area contributed by atoms with Gasteiger partial charge in [-0.3, -0.25) is 0 Å². The lowest BCUT2D eigenvalue weighted by Crippen LogP contribution is -2.27. The van der Waals surface area contributed by atoms with Gasteiger partial charge < -0.3 is 5.21 Å². The van der Waals surface area contributed by atoms with Crippen LogP contribution in [0.2, 0.25) is 0 Å². The Morgan fingerprint density at radius 1 is 2.00 bits per heavy atom. The van der Waals surface area contributed by atoms with Crippen molar-refractivity contribution in [3.8, 4) is 0 Å². The molecule has 0 aromatic heterocycles. The zero-order chi connectivity index (χ0) is 5.28. The minimum atomic E-state index is -1.08. The molecule has 3 heteroatoms. The summed E-state index contributed by atoms with van der Waals surface area (Å²) in [5, 5.41) is 10.6. The molecule has 1 radical (unpaired) electrons. The quantitative estimate of drug-likeness (QED) is 0.355. The minimum Gasteiger partial charge on any atom is -0.411 e. The first-order chi connectivity index (χ1) is 3.34. The number of rotatable bonds is 0. The number of oxime groups is 1. The van der Waals surface area contributed by atoms with Crippen LogP contribution < -0.4 is 0 Å². The van der Waals surface area contributed by atoms with Gasteiger partial charge in [0.25, 0.3) is 0 Å². The average molecular weight is 102 g/mol. The lowest BCUT2D eigenvalue weighted by molar-refractivity contribution is 0.302. The Morgan fingerprint density at radius 2 is 2.71 bits per heavy atom. The first-order valence-electron chi connectivity index (χ1n) is 2.03. The molecule has 7 heavy (non-hydrogen) atoms. The molecule has 0 aromatic carbocycles. The molecular weight excluding hydrogens is 97.0 g/mol. The predicted octanol–water partition coefficient (Wildman–Crippen LogP) is 0.763. The van der Waals surface area contributed by atoms with E-state index in [1.807, 2.05) is 0 Å². The van der Waals surface area contributed by atoms with Crippen LogP contribution in [-0.2, 0) is 0 Å². The van der Waals surface area contributed by atoms with Gasteiger partial charge in [0.2, 0.25) is 0 Å². The molecule has 0 saturated heterocycles. The van der Waals surface area contributed by atoms with Crippen LogP contribution in [-0.4, -0.2) is 17.1 Å². The minimum absolute atomic E-state index is 0.236. The van der Waals surface area contributed by atoms with Crippen LogP contribution in [0.3, 0.4) is 0 Å². The van der Waals surface area contributed by atoms with E-state index in [2.05, 4.69) is 5.16 Å². The monoisotopic (exact) mass is 102 g/mol. The molecule has 0 heterocycles. The first-order valence-corrected chi connectivity index (χ1v) is 2.03. The van der Waals surface area contributed by atoms with Crippen molar-refractivity contribution < 1.29 is 9.60 Å². The van der Waals surface area contributed by atoms with Crippen LogP contribution in [0.15, 0.2) is 5.16 Å². The van der Waals surface area contributed by atoms with E-state index < -0.39 is 6.17 Å². The summed E-state index contributed by atoms with van der Waals surface area (Å²) in [6.45, 7) is 0. The maximum atomic E-state index is 11.8. The van der Waals surface area contributed by atoms with Gasteiger partial charge in [0, 0.05) is 6.42 Å². The zero-order valence-corrected chi connectivity index (χ0v) is 3.63. The average Bonchev–Trinajstić information content (AvgIpc) is 1.65. The van der Waals surface area contributed by atoms with E-state index in [9.17, 15) is 4.39 Å².